The molecule has 20 heteroatoms. The molecule has 0 N–H and O–H groups in total. The third kappa shape index (κ3) is 10.3. The summed E-state index contributed by atoms with van der Waals surface area (Å²) in [7, 11) is 1.12. The first kappa shape index (κ1) is 37.0. The number of methoxy groups -OCH3 is 1. The van der Waals surface area contributed by atoms with Crippen LogP contribution in [0.25, 0.3) is 22.1 Å². The summed E-state index contributed by atoms with van der Waals surface area (Å²) < 4.78 is 177. The van der Waals surface area contributed by atoms with Crippen molar-refractivity contribution in [1.82, 2.24) is 0 Å². The Bertz CT molecular complexity index is 1680. The molecule has 0 radical (unpaired) electrons. The maximum Gasteiger partial charge on any atom is 0.496 e. The second-order valence-electron chi connectivity index (χ2n) is 9.21. The summed E-state index contributed by atoms with van der Waals surface area (Å²) >= 11 is 0. The van der Waals surface area contributed by atoms with Crippen LogP contribution in [0.5, 0.6) is 11.5 Å². The third-order valence-corrected chi connectivity index (χ3v) is 5.43. The van der Waals surface area contributed by atoms with Gasteiger partial charge in [-0.2, -0.15) is 30.7 Å². The number of halogens is 11. The van der Waals surface area contributed by atoms with Gasteiger partial charge in [0.2, 0.25) is 0 Å². The molecule has 3 rings (SSSR count). The molecule has 3 aromatic rings. The van der Waals surface area contributed by atoms with Crippen molar-refractivity contribution in [3.05, 3.63) is 70.6 Å². The first-order valence-corrected chi connectivity index (χ1v) is 12.3. The minimum Gasteiger partial charge on any atom is -0.497 e. The zero-order chi connectivity index (χ0) is 35.6. The average Bonchev–Trinajstić information content (AvgIpc) is 2.91. The number of esters is 1. The highest BCUT2D eigenvalue weighted by Gasteiger charge is 2.57. The zero-order valence-electron chi connectivity index (χ0n) is 23.5. The Morgan fingerprint density at radius 3 is 1.89 bits per heavy atom. The first-order valence-electron chi connectivity index (χ1n) is 12.3. The molecule has 0 aliphatic heterocycles. The van der Waals surface area contributed by atoms with Crippen molar-refractivity contribution in [3.63, 3.8) is 0 Å². The summed E-state index contributed by atoms with van der Waals surface area (Å²) in [6.45, 7) is -0.371. The maximum absolute atomic E-state index is 14.0. The maximum atomic E-state index is 14.0. The van der Waals surface area contributed by atoms with Crippen molar-refractivity contribution >= 4 is 16.9 Å². The normalized spacial score (nSPS) is 13.0. The number of hydrogen-bond acceptors (Lipinski definition) is 9. The SMILES string of the molecule is C=C(C)C(=O)OCC(F)(F)OC(F)(F)OC(F)(F)OC(F)(F)COc1ccc2cc(-c3ccc(OC)cc3C(F)(F)F)c(=O)oc2c1. The summed E-state index contributed by atoms with van der Waals surface area (Å²) in [5, 5.41) is -0.0488. The van der Waals surface area contributed by atoms with Crippen LogP contribution < -0.4 is 15.1 Å². The molecule has 0 atom stereocenters. The molecule has 0 unspecified atom stereocenters. The lowest BCUT2D eigenvalue weighted by atomic mass is 9.99. The molecule has 0 bridgehead atoms. The smallest absolute Gasteiger partial charge is 0.496 e. The Kier molecular flexibility index (Phi) is 10.5. The van der Waals surface area contributed by atoms with Gasteiger partial charge in [-0.05, 0) is 43.3 Å². The van der Waals surface area contributed by atoms with E-state index in [2.05, 4.69) is 30.3 Å². The standard InChI is InChI=1S/C27H19F11O9/c1-13(2)21(39)43-12-24(30,31)46-27(37,38)47-26(35,36)45-23(28,29)11-42-16-5-4-14-8-18(22(40)44-20(14)10-16)17-7-6-15(41-3)9-19(17)25(32,33)34/h4-10H,1,11-12H2,2-3H3. The van der Waals surface area contributed by atoms with Crippen LogP contribution in [0.2, 0.25) is 0 Å². The zero-order valence-corrected chi connectivity index (χ0v) is 23.5. The molecule has 1 aromatic heterocycles. The van der Waals surface area contributed by atoms with E-state index in [0.717, 1.165) is 50.4 Å². The van der Waals surface area contributed by atoms with Crippen LogP contribution in [0.1, 0.15) is 12.5 Å². The van der Waals surface area contributed by atoms with E-state index in [1.165, 1.54) is 0 Å². The molecule has 0 saturated heterocycles. The van der Waals surface area contributed by atoms with Crippen LogP contribution in [-0.4, -0.2) is 51.1 Å². The lowest BCUT2D eigenvalue weighted by Crippen LogP contribution is -2.46. The van der Waals surface area contributed by atoms with Gasteiger partial charge in [-0.15, -0.1) is 17.6 Å². The second-order valence-corrected chi connectivity index (χ2v) is 9.21. The Balaban J connectivity index is 1.71. The van der Waals surface area contributed by atoms with Crippen molar-refractivity contribution in [2.24, 2.45) is 0 Å². The molecule has 0 aliphatic rings. The number of carbonyl (C=O) groups is 1. The number of alkyl halides is 11. The van der Waals surface area contributed by atoms with Gasteiger partial charge in [0.25, 0.3) is 0 Å². The molecule has 2 aromatic carbocycles. The molecular formula is C27H19F11O9. The van der Waals surface area contributed by atoms with Crippen LogP contribution in [0.15, 0.2) is 63.8 Å². The molecule has 47 heavy (non-hydrogen) atoms. The number of ether oxygens (including phenoxy) is 6. The van der Waals surface area contributed by atoms with Gasteiger partial charge in [-0.1, -0.05) is 6.58 Å². The Morgan fingerprint density at radius 1 is 0.766 bits per heavy atom. The van der Waals surface area contributed by atoms with Crippen LogP contribution in [0, 0.1) is 0 Å². The lowest BCUT2D eigenvalue weighted by molar-refractivity contribution is -0.574. The van der Waals surface area contributed by atoms with Crippen LogP contribution in [-0.2, 0) is 29.9 Å². The van der Waals surface area contributed by atoms with Gasteiger partial charge in [0.15, 0.2) is 13.2 Å². The summed E-state index contributed by atoms with van der Waals surface area (Å²) in [6.07, 6.45) is -27.2. The van der Waals surface area contributed by atoms with E-state index >= 15 is 0 Å². The number of hydrogen-bond donors (Lipinski definition) is 0. The van der Waals surface area contributed by atoms with Gasteiger partial charge in [-0.3, -0.25) is 0 Å². The van der Waals surface area contributed by atoms with E-state index in [1.807, 2.05) is 0 Å². The molecular weight excluding hydrogens is 677 g/mol. The topological polar surface area (TPSA) is 103 Å². The molecule has 9 nitrogen and oxygen atoms in total. The molecule has 0 spiro atoms. The summed E-state index contributed by atoms with van der Waals surface area (Å²) in [4.78, 5) is 23.6. The predicted octanol–water partition coefficient (Wildman–Crippen LogP) is 7.32. The monoisotopic (exact) mass is 696 g/mol. The van der Waals surface area contributed by atoms with Crippen molar-refractivity contribution in [2.45, 2.75) is 37.9 Å². The van der Waals surface area contributed by atoms with Crippen LogP contribution in [0.3, 0.4) is 0 Å². The highest BCUT2D eigenvalue weighted by atomic mass is 19.4. The van der Waals surface area contributed by atoms with Gasteiger partial charge < -0.3 is 18.6 Å². The number of fused-ring (bicyclic) bond motifs is 1. The first-order chi connectivity index (χ1) is 21.4. The largest absolute Gasteiger partial charge is 0.497 e. The van der Waals surface area contributed by atoms with E-state index in [9.17, 15) is 57.9 Å². The second kappa shape index (κ2) is 13.4. The van der Waals surface area contributed by atoms with Gasteiger partial charge in [0.05, 0.1) is 18.2 Å². The minimum absolute atomic E-state index is 0.0488. The highest BCUT2D eigenvalue weighted by molar-refractivity contribution is 5.87. The highest BCUT2D eigenvalue weighted by Crippen LogP contribution is 2.40. The average molecular weight is 696 g/mol. The van der Waals surface area contributed by atoms with Gasteiger partial charge in [-0.25, -0.2) is 23.8 Å². The molecule has 0 amide bonds. The van der Waals surface area contributed by atoms with E-state index in [4.69, 9.17) is 9.15 Å². The predicted molar refractivity (Wildman–Crippen MR) is 134 cm³/mol. The number of benzene rings is 2. The van der Waals surface area contributed by atoms with Crippen molar-refractivity contribution in [2.75, 3.05) is 20.3 Å². The van der Waals surface area contributed by atoms with Crippen LogP contribution >= 0.6 is 0 Å². The number of carbonyl (C=O) groups excluding carboxylic acids is 1. The Hall–Kier alpha value is -4.43. The van der Waals surface area contributed by atoms with E-state index in [1.54, 1.807) is 0 Å². The third-order valence-electron chi connectivity index (χ3n) is 5.43. The molecule has 0 saturated carbocycles. The van der Waals surface area contributed by atoms with Crippen molar-refractivity contribution < 1.29 is 85.9 Å². The summed E-state index contributed by atoms with van der Waals surface area (Å²) in [6, 6.07) is 6.39. The Labute approximate surface area is 254 Å². The van der Waals surface area contributed by atoms with E-state index in [-0.39, 0.29) is 11.1 Å². The fourth-order valence-electron chi connectivity index (χ4n) is 3.52. The van der Waals surface area contributed by atoms with Gasteiger partial charge in [0.1, 0.15) is 17.1 Å². The molecule has 0 fully saturated rings. The Morgan fingerprint density at radius 2 is 1.34 bits per heavy atom. The lowest BCUT2D eigenvalue weighted by Gasteiger charge is -2.27. The summed E-state index contributed by atoms with van der Waals surface area (Å²) in [5.41, 5.74) is -4.55. The quantitative estimate of drug-likeness (QED) is 0.0564. The number of rotatable bonds is 14. The molecule has 0 aliphatic carbocycles. The van der Waals surface area contributed by atoms with E-state index < -0.39 is 89.4 Å². The van der Waals surface area contributed by atoms with E-state index in [0.29, 0.717) is 6.07 Å². The minimum atomic E-state index is -6.00. The van der Waals surface area contributed by atoms with Crippen molar-refractivity contribution in [3.8, 4) is 22.6 Å². The van der Waals surface area contributed by atoms with Crippen LogP contribution in [0.4, 0.5) is 48.3 Å². The molecule has 258 valence electrons. The van der Waals surface area contributed by atoms with Gasteiger partial charge >= 0.3 is 42.6 Å². The fourth-order valence-corrected chi connectivity index (χ4v) is 3.52. The fraction of sp³-hybridized carbons (Fsp3) is 0.333. The molecule has 1 heterocycles. The summed E-state index contributed by atoms with van der Waals surface area (Å²) in [5.74, 6) is -2.28. The van der Waals surface area contributed by atoms with Crippen molar-refractivity contribution in [1.29, 1.82) is 0 Å². The van der Waals surface area contributed by atoms with Gasteiger partial charge in [0, 0.05) is 22.6 Å².